The highest BCUT2D eigenvalue weighted by Gasteiger charge is 2.53. The Morgan fingerprint density at radius 1 is 1.27 bits per heavy atom. The second-order valence-electron chi connectivity index (χ2n) is 5.85. The van der Waals surface area contributed by atoms with Crippen LogP contribution in [0.2, 0.25) is 0 Å². The van der Waals surface area contributed by atoms with Gasteiger partial charge in [-0.15, -0.1) is 0 Å². The molecular weight excluding hydrogens is 384 g/mol. The molecule has 1 saturated heterocycles. The van der Waals surface area contributed by atoms with Gasteiger partial charge in [0.2, 0.25) is 0 Å². The zero-order valence-electron chi connectivity index (χ0n) is 13.2. The number of carbonyl (C=O) groups excluding carboxylic acids is 1. The summed E-state index contributed by atoms with van der Waals surface area (Å²) in [5.41, 5.74) is -0.154. The van der Waals surface area contributed by atoms with Crippen LogP contribution in [0.3, 0.4) is 0 Å². The monoisotopic (exact) mass is 398 g/mol. The quantitative estimate of drug-likeness (QED) is 0.758. The number of carbonyl (C=O) groups is 2. The molecule has 0 radical (unpaired) electrons. The molecule has 2 rings (SSSR count). The van der Waals surface area contributed by atoms with Crippen LogP contribution in [0.4, 0.5) is 28.0 Å². The smallest absolute Gasteiger partial charge is 0.394 e. The Hall–Kier alpha value is -2.37. The predicted octanol–water partition coefficient (Wildman–Crippen LogP) is 1.96. The summed E-state index contributed by atoms with van der Waals surface area (Å²) in [5, 5.41) is 11.1. The molecule has 2 N–H and O–H groups in total. The Bertz CT molecular complexity index is 840. The number of likely N-dealkylation sites (tertiary alicyclic amines) is 1. The molecular formula is C14H14F4N2O5S. The van der Waals surface area contributed by atoms with E-state index in [1.54, 1.807) is 0 Å². The van der Waals surface area contributed by atoms with E-state index >= 15 is 0 Å². The molecule has 26 heavy (non-hydrogen) atoms. The van der Waals surface area contributed by atoms with Crippen LogP contribution in [0, 0.1) is 17.7 Å². The van der Waals surface area contributed by atoms with Gasteiger partial charge in [0.15, 0.2) is 9.84 Å². The topological polar surface area (TPSA) is 104 Å². The van der Waals surface area contributed by atoms with Crippen molar-refractivity contribution in [3.8, 4) is 0 Å². The number of urea groups is 1. The second kappa shape index (κ2) is 6.74. The first-order valence-corrected chi connectivity index (χ1v) is 9.05. The van der Waals surface area contributed by atoms with Gasteiger partial charge in [-0.3, -0.25) is 4.79 Å². The first-order chi connectivity index (χ1) is 11.8. The van der Waals surface area contributed by atoms with E-state index in [0.717, 1.165) is 24.5 Å². The molecule has 1 aliphatic heterocycles. The van der Waals surface area contributed by atoms with Crippen molar-refractivity contribution in [2.45, 2.75) is 11.1 Å². The molecule has 1 aromatic carbocycles. The molecule has 2 amide bonds. The lowest BCUT2D eigenvalue weighted by atomic mass is 9.96. The Morgan fingerprint density at radius 2 is 1.88 bits per heavy atom. The van der Waals surface area contributed by atoms with Crippen molar-refractivity contribution in [1.82, 2.24) is 4.90 Å². The van der Waals surface area contributed by atoms with Gasteiger partial charge in [-0.25, -0.2) is 17.6 Å². The van der Waals surface area contributed by atoms with Crippen LogP contribution in [0.5, 0.6) is 0 Å². The molecule has 12 heteroatoms. The van der Waals surface area contributed by atoms with Crippen LogP contribution >= 0.6 is 0 Å². The Balaban J connectivity index is 2.20. The third-order valence-corrected chi connectivity index (χ3v) is 5.04. The summed E-state index contributed by atoms with van der Waals surface area (Å²) in [6.45, 7) is -1.52. The maximum absolute atomic E-state index is 13.5. The second-order valence-corrected chi connectivity index (χ2v) is 7.83. The molecule has 0 bridgehead atoms. The van der Waals surface area contributed by atoms with E-state index in [9.17, 15) is 35.6 Å². The van der Waals surface area contributed by atoms with Crippen LogP contribution in [-0.4, -0.2) is 55.9 Å². The highest BCUT2D eigenvalue weighted by atomic mass is 32.2. The van der Waals surface area contributed by atoms with Crippen LogP contribution < -0.4 is 5.32 Å². The molecule has 0 saturated carbocycles. The molecule has 144 valence electrons. The molecule has 0 aromatic heterocycles. The van der Waals surface area contributed by atoms with Gasteiger partial charge >= 0.3 is 18.2 Å². The normalized spacial score (nSPS) is 20.9. The first kappa shape index (κ1) is 19.9. The van der Waals surface area contributed by atoms with E-state index in [2.05, 4.69) is 5.32 Å². The van der Waals surface area contributed by atoms with Gasteiger partial charge < -0.3 is 15.3 Å². The van der Waals surface area contributed by atoms with E-state index < -0.39 is 63.7 Å². The summed E-state index contributed by atoms with van der Waals surface area (Å²) in [5.74, 6) is -6.75. The number of benzene rings is 1. The Kier molecular flexibility index (Phi) is 5.17. The van der Waals surface area contributed by atoms with Crippen molar-refractivity contribution in [2.24, 2.45) is 11.8 Å². The third kappa shape index (κ3) is 4.23. The van der Waals surface area contributed by atoms with Gasteiger partial charge in [0.05, 0.1) is 11.8 Å². The molecule has 7 nitrogen and oxygen atoms in total. The molecule has 1 fully saturated rings. The first-order valence-electron chi connectivity index (χ1n) is 7.15. The average molecular weight is 398 g/mol. The van der Waals surface area contributed by atoms with Crippen molar-refractivity contribution in [3.63, 3.8) is 0 Å². The maximum Gasteiger partial charge on any atom is 0.394 e. The van der Waals surface area contributed by atoms with Gasteiger partial charge in [-0.1, -0.05) is 0 Å². The lowest BCUT2D eigenvalue weighted by molar-refractivity contribution is -0.187. The number of carboxylic acid groups (broad SMARTS) is 1. The van der Waals surface area contributed by atoms with Gasteiger partial charge in [-0.2, -0.15) is 13.2 Å². The summed E-state index contributed by atoms with van der Waals surface area (Å²) in [7, 11) is -3.93. The van der Waals surface area contributed by atoms with Crippen LogP contribution in [-0.2, 0) is 14.6 Å². The molecule has 1 aromatic rings. The number of sulfone groups is 1. The SMILES string of the molecule is CS(=O)(=O)c1cc(NC(=O)N2C[C@@H](C(F)(F)F)[C@H](C(=O)O)C2)ccc1F. The molecule has 2 atom stereocenters. The van der Waals surface area contributed by atoms with Crippen molar-refractivity contribution in [1.29, 1.82) is 0 Å². The van der Waals surface area contributed by atoms with Crippen LogP contribution in [0.15, 0.2) is 23.1 Å². The largest absolute Gasteiger partial charge is 0.481 e. The zero-order valence-corrected chi connectivity index (χ0v) is 14.1. The summed E-state index contributed by atoms with van der Waals surface area (Å²) < 4.78 is 75.3. The predicted molar refractivity (Wildman–Crippen MR) is 80.8 cm³/mol. The standard InChI is InChI=1S/C14H14F4N2O5S/c1-26(24,25)11-4-7(2-3-10(11)15)19-13(23)20-5-8(12(21)22)9(6-20)14(16,17)18/h2-4,8-9H,5-6H2,1H3,(H,19,23)(H,21,22)/t8-,9-/m1/s1. The van der Waals surface area contributed by atoms with Gasteiger partial charge in [0.1, 0.15) is 10.7 Å². The number of carboxylic acids is 1. The van der Waals surface area contributed by atoms with Crippen LogP contribution in [0.25, 0.3) is 0 Å². The Labute approximate surface area is 145 Å². The minimum Gasteiger partial charge on any atom is -0.481 e. The lowest BCUT2D eigenvalue weighted by Crippen LogP contribution is -2.35. The fourth-order valence-corrected chi connectivity index (χ4v) is 3.38. The van der Waals surface area contributed by atoms with Crippen molar-refractivity contribution >= 4 is 27.5 Å². The summed E-state index contributed by atoms with van der Waals surface area (Å²) in [6, 6.07) is 1.60. The number of amides is 2. The number of aliphatic carboxylic acids is 1. The number of rotatable bonds is 3. The van der Waals surface area contributed by atoms with E-state index in [0.29, 0.717) is 4.90 Å². The molecule has 1 aliphatic rings. The molecule has 0 spiro atoms. The van der Waals surface area contributed by atoms with Crippen molar-refractivity contribution in [2.75, 3.05) is 24.7 Å². The lowest BCUT2D eigenvalue weighted by Gasteiger charge is -2.19. The van der Waals surface area contributed by atoms with Gasteiger partial charge in [0.25, 0.3) is 0 Å². The molecule has 0 aliphatic carbocycles. The van der Waals surface area contributed by atoms with E-state index in [1.807, 2.05) is 0 Å². The number of alkyl halides is 3. The number of hydrogen-bond donors (Lipinski definition) is 2. The Morgan fingerprint density at radius 3 is 2.35 bits per heavy atom. The van der Waals surface area contributed by atoms with Crippen molar-refractivity contribution < 1.29 is 40.7 Å². The number of nitrogens with one attached hydrogen (secondary N) is 1. The number of nitrogens with zero attached hydrogens (tertiary/aromatic N) is 1. The number of anilines is 1. The third-order valence-electron chi connectivity index (χ3n) is 3.93. The van der Waals surface area contributed by atoms with E-state index in [4.69, 9.17) is 5.11 Å². The van der Waals surface area contributed by atoms with E-state index in [1.165, 1.54) is 0 Å². The summed E-state index contributed by atoms with van der Waals surface area (Å²) in [4.78, 5) is 23.1. The summed E-state index contributed by atoms with van der Waals surface area (Å²) >= 11 is 0. The van der Waals surface area contributed by atoms with Gasteiger partial charge in [-0.05, 0) is 18.2 Å². The maximum atomic E-state index is 13.5. The number of halogens is 4. The zero-order chi connectivity index (χ0) is 19.9. The molecule has 0 unspecified atom stereocenters. The van der Waals surface area contributed by atoms with Crippen molar-refractivity contribution in [3.05, 3.63) is 24.0 Å². The van der Waals surface area contributed by atoms with Gasteiger partial charge in [0, 0.05) is 25.0 Å². The molecule has 1 heterocycles. The van der Waals surface area contributed by atoms with E-state index in [-0.39, 0.29) is 5.69 Å². The van der Waals surface area contributed by atoms with Crippen LogP contribution in [0.1, 0.15) is 0 Å². The highest BCUT2D eigenvalue weighted by Crippen LogP contribution is 2.38. The average Bonchev–Trinajstić information content (AvgIpc) is 2.93. The minimum atomic E-state index is -4.79. The fraction of sp³-hybridized carbons (Fsp3) is 0.429. The fourth-order valence-electron chi connectivity index (χ4n) is 2.62. The summed E-state index contributed by atoms with van der Waals surface area (Å²) in [6.07, 6.45) is -4.04. The minimum absolute atomic E-state index is 0.154. The highest BCUT2D eigenvalue weighted by molar-refractivity contribution is 7.90. The number of hydrogen-bond acceptors (Lipinski definition) is 4.